The van der Waals surface area contributed by atoms with Crippen LogP contribution in [0.3, 0.4) is 0 Å². The number of aliphatic hydroxyl groups excluding tert-OH is 3. The van der Waals surface area contributed by atoms with Crippen LogP contribution in [0.25, 0.3) is 28.4 Å². The number of carbonyl (C=O) groups excluding carboxylic acids is 1. The second-order valence-electron chi connectivity index (χ2n) is 9.71. The molecule has 14 heteroatoms. The van der Waals surface area contributed by atoms with Crippen LogP contribution in [0.4, 0.5) is 0 Å². The number of phenolic OH excluding ortho intramolecular Hbond substituents is 4. The Labute approximate surface area is 247 Å². The largest absolute Gasteiger partial charge is 0.508 e. The van der Waals surface area contributed by atoms with Crippen LogP contribution in [-0.2, 0) is 19.3 Å². The highest BCUT2D eigenvalue weighted by Crippen LogP contribution is 2.35. The van der Waals surface area contributed by atoms with E-state index in [1.807, 2.05) is 0 Å². The number of phenols is 4. The van der Waals surface area contributed by atoms with Gasteiger partial charge in [0.1, 0.15) is 52.3 Å². The smallest absolute Gasteiger partial charge is 0.365 e. The van der Waals surface area contributed by atoms with Gasteiger partial charge in [-0.25, -0.2) is 4.79 Å². The van der Waals surface area contributed by atoms with Gasteiger partial charge in [-0.05, 0) is 42.0 Å². The molecule has 2 heterocycles. The molecule has 1 saturated heterocycles. The molecule has 44 heavy (non-hydrogen) atoms. The van der Waals surface area contributed by atoms with Crippen molar-refractivity contribution in [3.63, 3.8) is 0 Å². The van der Waals surface area contributed by atoms with Crippen molar-refractivity contribution in [2.24, 2.45) is 0 Å². The second kappa shape index (κ2) is 12.6. The molecular formula is C30H26O14. The fourth-order valence-corrected chi connectivity index (χ4v) is 4.41. The summed E-state index contributed by atoms with van der Waals surface area (Å²) in [6, 6.07) is 13.0. The van der Waals surface area contributed by atoms with Crippen LogP contribution in [0.1, 0.15) is 5.56 Å². The maximum absolute atomic E-state index is 12.7. The lowest BCUT2D eigenvalue weighted by Gasteiger charge is -2.40. The molecule has 1 aromatic heterocycles. The average molecular weight is 611 g/mol. The van der Waals surface area contributed by atoms with Gasteiger partial charge in [0.15, 0.2) is 23.0 Å². The Morgan fingerprint density at radius 1 is 0.886 bits per heavy atom. The first-order valence-electron chi connectivity index (χ1n) is 13.0. The molecule has 1 aliphatic heterocycles. The summed E-state index contributed by atoms with van der Waals surface area (Å²) >= 11 is 0. The van der Waals surface area contributed by atoms with Crippen molar-refractivity contribution < 1.29 is 64.2 Å². The third-order valence-corrected chi connectivity index (χ3v) is 6.66. The van der Waals surface area contributed by atoms with Crippen molar-refractivity contribution >= 4 is 23.0 Å². The molecule has 0 radical (unpaired) electrons. The number of benzene rings is 3. The maximum Gasteiger partial charge on any atom is 0.365 e. The van der Waals surface area contributed by atoms with Gasteiger partial charge in [0.05, 0.1) is 6.61 Å². The van der Waals surface area contributed by atoms with Crippen molar-refractivity contribution in [3.05, 3.63) is 82.5 Å². The number of hydrogen-bond acceptors (Lipinski definition) is 14. The summed E-state index contributed by atoms with van der Waals surface area (Å²) in [7, 11) is 0. The number of hydrogen-bond donors (Lipinski definition) is 7. The molecule has 0 amide bonds. The Balaban J connectivity index is 1.30. The summed E-state index contributed by atoms with van der Waals surface area (Å²) in [4.78, 5) is 34.5. The molecule has 1 aliphatic rings. The normalized spacial score (nSPS) is 21.8. The van der Waals surface area contributed by atoms with Gasteiger partial charge >= 0.3 is 5.97 Å². The SMILES string of the molecule is O=C(/C=C/c1ccc(O)cc1)OO[C@H]1[C@H](O)[C@@H](O)[C@H](Oc2cc(O)c3c(=O)cc(-c4ccc(O)c(O)c4)oc3c2)O[C@@H]1CO. The monoisotopic (exact) mass is 610 g/mol. The molecule has 0 unspecified atom stereocenters. The van der Waals surface area contributed by atoms with Gasteiger partial charge in [0, 0.05) is 29.8 Å². The van der Waals surface area contributed by atoms with Crippen LogP contribution in [-0.4, -0.2) is 79.0 Å². The molecule has 1 fully saturated rings. The van der Waals surface area contributed by atoms with E-state index in [9.17, 15) is 45.3 Å². The van der Waals surface area contributed by atoms with Crippen LogP contribution >= 0.6 is 0 Å². The minimum atomic E-state index is -1.81. The predicted octanol–water partition coefficient (Wildman–Crippen LogP) is 1.66. The quantitative estimate of drug-likeness (QED) is 0.0652. The standard InChI is InChI=1S/C30H26O14/c31-13-24-29(44-43-25(37)8-3-14-1-5-16(32)6-2-14)27(38)28(39)30(42-24)40-17-10-20(35)26-21(36)12-22(41-23(26)11-17)15-4-7-18(33)19(34)9-15/h1-12,24,27-35,38-39H,13H2/b8-3+/t24-,27-,28-,29-,30-/m1/s1. The van der Waals surface area contributed by atoms with E-state index in [4.69, 9.17) is 18.8 Å². The summed E-state index contributed by atoms with van der Waals surface area (Å²) in [6.07, 6.45) is -5.74. The lowest BCUT2D eigenvalue weighted by atomic mass is 9.99. The summed E-state index contributed by atoms with van der Waals surface area (Å²) in [5.41, 5.74) is 0.0371. The first-order chi connectivity index (χ1) is 21.0. The Morgan fingerprint density at radius 3 is 2.34 bits per heavy atom. The predicted molar refractivity (Wildman–Crippen MR) is 149 cm³/mol. The third-order valence-electron chi connectivity index (χ3n) is 6.66. The molecule has 5 atom stereocenters. The van der Waals surface area contributed by atoms with Gasteiger partial charge in [-0.2, -0.15) is 4.89 Å². The zero-order chi connectivity index (χ0) is 31.5. The average Bonchev–Trinajstić information content (AvgIpc) is 2.99. The van der Waals surface area contributed by atoms with Gasteiger partial charge < -0.3 is 49.6 Å². The van der Waals surface area contributed by atoms with Crippen LogP contribution in [0.5, 0.6) is 28.7 Å². The van der Waals surface area contributed by atoms with Crippen molar-refractivity contribution in [2.45, 2.75) is 30.7 Å². The number of carbonyl (C=O) groups is 1. The number of ether oxygens (including phenoxy) is 2. The molecular weight excluding hydrogens is 584 g/mol. The summed E-state index contributed by atoms with van der Waals surface area (Å²) in [5, 5.41) is 70.2. The van der Waals surface area contributed by atoms with E-state index in [1.165, 1.54) is 42.5 Å². The van der Waals surface area contributed by atoms with Crippen LogP contribution in [0.15, 0.2) is 76.0 Å². The molecule has 3 aromatic carbocycles. The molecule has 0 spiro atoms. The van der Waals surface area contributed by atoms with Crippen LogP contribution < -0.4 is 10.2 Å². The van der Waals surface area contributed by atoms with E-state index in [0.29, 0.717) is 5.56 Å². The maximum atomic E-state index is 12.7. The van der Waals surface area contributed by atoms with Crippen molar-refractivity contribution in [3.8, 4) is 40.1 Å². The molecule has 5 rings (SSSR count). The first-order valence-corrected chi connectivity index (χ1v) is 13.0. The lowest BCUT2D eigenvalue weighted by molar-refractivity contribution is -0.368. The Bertz CT molecular complexity index is 1740. The van der Waals surface area contributed by atoms with E-state index in [-0.39, 0.29) is 39.5 Å². The lowest BCUT2D eigenvalue weighted by Crippen LogP contribution is -2.61. The second-order valence-corrected chi connectivity index (χ2v) is 9.71. The van der Waals surface area contributed by atoms with Gasteiger partial charge in [0.25, 0.3) is 0 Å². The van der Waals surface area contributed by atoms with E-state index >= 15 is 0 Å². The molecule has 14 nitrogen and oxygen atoms in total. The zero-order valence-corrected chi connectivity index (χ0v) is 22.5. The van der Waals surface area contributed by atoms with E-state index in [0.717, 1.165) is 18.2 Å². The van der Waals surface area contributed by atoms with E-state index in [2.05, 4.69) is 4.89 Å². The molecule has 0 bridgehead atoms. The summed E-state index contributed by atoms with van der Waals surface area (Å²) in [5.74, 6) is -2.48. The topological polar surface area (TPSA) is 226 Å². The van der Waals surface area contributed by atoms with Gasteiger partial charge in [0.2, 0.25) is 6.29 Å². The molecule has 7 N–H and O–H groups in total. The Hall–Kier alpha value is -5.12. The van der Waals surface area contributed by atoms with Crippen LogP contribution in [0.2, 0.25) is 0 Å². The number of rotatable bonds is 8. The highest BCUT2D eigenvalue weighted by Gasteiger charge is 2.47. The minimum Gasteiger partial charge on any atom is -0.508 e. The summed E-state index contributed by atoms with van der Waals surface area (Å²) in [6.45, 7) is -0.754. The van der Waals surface area contributed by atoms with E-state index in [1.54, 1.807) is 12.1 Å². The van der Waals surface area contributed by atoms with Crippen molar-refractivity contribution in [1.82, 2.24) is 0 Å². The third kappa shape index (κ3) is 6.44. The fraction of sp³-hybridized carbons (Fsp3) is 0.200. The van der Waals surface area contributed by atoms with Crippen molar-refractivity contribution in [1.29, 1.82) is 0 Å². The Morgan fingerprint density at radius 2 is 1.64 bits per heavy atom. The van der Waals surface area contributed by atoms with Gasteiger partial charge in [-0.3, -0.25) is 9.68 Å². The number of fused-ring (bicyclic) bond motifs is 1. The zero-order valence-electron chi connectivity index (χ0n) is 22.5. The van der Waals surface area contributed by atoms with Gasteiger partial charge in [-0.1, -0.05) is 12.1 Å². The Kier molecular flexibility index (Phi) is 8.71. The van der Waals surface area contributed by atoms with E-state index < -0.39 is 60.2 Å². The number of aliphatic hydroxyl groups is 3. The number of aromatic hydroxyl groups is 4. The van der Waals surface area contributed by atoms with Crippen LogP contribution in [0, 0.1) is 0 Å². The first kappa shape index (κ1) is 30.3. The molecule has 4 aromatic rings. The highest BCUT2D eigenvalue weighted by molar-refractivity contribution is 5.87. The summed E-state index contributed by atoms with van der Waals surface area (Å²) < 4.78 is 16.9. The van der Waals surface area contributed by atoms with Crippen molar-refractivity contribution in [2.75, 3.05) is 6.61 Å². The van der Waals surface area contributed by atoms with Gasteiger partial charge in [-0.15, -0.1) is 0 Å². The molecule has 230 valence electrons. The molecule has 0 saturated carbocycles. The molecule has 0 aliphatic carbocycles. The highest BCUT2D eigenvalue weighted by atomic mass is 17.2. The minimum absolute atomic E-state index is 0.00786. The fourth-order valence-electron chi connectivity index (χ4n) is 4.41.